The van der Waals surface area contributed by atoms with Crippen LogP contribution in [0.5, 0.6) is 0 Å². The first-order chi connectivity index (χ1) is 15.5. The number of alkyl halides is 6. The Morgan fingerprint density at radius 2 is 1.82 bits per heavy atom. The average Bonchev–Trinajstić information content (AvgIpc) is 3.33. The summed E-state index contributed by atoms with van der Waals surface area (Å²) in [5, 5.41) is 9.16. The van der Waals surface area contributed by atoms with Crippen LogP contribution >= 0.6 is 11.3 Å². The first-order valence-corrected chi connectivity index (χ1v) is 11.2. The van der Waals surface area contributed by atoms with Crippen molar-refractivity contribution < 1.29 is 31.1 Å². The Hall–Kier alpha value is -2.16. The van der Waals surface area contributed by atoms with Crippen LogP contribution in [0.15, 0.2) is 30.5 Å². The van der Waals surface area contributed by atoms with Crippen LogP contribution in [0.2, 0.25) is 0 Å². The predicted octanol–water partition coefficient (Wildman–Crippen LogP) is 5.58. The lowest BCUT2D eigenvalue weighted by Crippen LogP contribution is -2.67. The Balaban J connectivity index is 1.55. The van der Waals surface area contributed by atoms with Gasteiger partial charge in [-0.2, -0.15) is 31.6 Å². The first kappa shape index (κ1) is 24.0. The standard InChI is InChI=1S/C22H21F6N3OS/c23-21(24,25)17-12-30-18(33-17)13-31-9-7-19(14-31,20(8-10-32-20)22(26,27)28)6-5-15-1-3-16(11-29)4-2-15/h1-4,12H,5-10,13-14H2/t19-,20?/m1/s1. The molecule has 11 heteroatoms. The molecule has 0 N–H and O–H groups in total. The molecule has 2 aliphatic rings. The molecule has 0 bridgehead atoms. The number of hydrogen-bond donors (Lipinski definition) is 0. The van der Waals surface area contributed by atoms with Crippen molar-refractivity contribution in [1.29, 1.82) is 5.26 Å². The molecule has 0 saturated carbocycles. The van der Waals surface area contributed by atoms with Crippen LogP contribution < -0.4 is 0 Å². The Labute approximate surface area is 190 Å². The summed E-state index contributed by atoms with van der Waals surface area (Å²) in [4.78, 5) is 4.75. The molecule has 1 unspecified atom stereocenters. The second kappa shape index (κ2) is 8.56. The number of nitriles is 1. The van der Waals surface area contributed by atoms with Crippen LogP contribution in [0.25, 0.3) is 0 Å². The highest BCUT2D eigenvalue weighted by atomic mass is 32.1. The van der Waals surface area contributed by atoms with E-state index in [-0.39, 0.29) is 44.0 Å². The monoisotopic (exact) mass is 489 g/mol. The van der Waals surface area contributed by atoms with E-state index >= 15 is 0 Å². The van der Waals surface area contributed by atoms with E-state index in [1.807, 2.05) is 6.07 Å². The molecule has 0 amide bonds. The van der Waals surface area contributed by atoms with Crippen molar-refractivity contribution in [1.82, 2.24) is 9.88 Å². The molecular weight excluding hydrogens is 468 g/mol. The van der Waals surface area contributed by atoms with Crippen molar-refractivity contribution >= 4 is 11.3 Å². The lowest BCUT2D eigenvalue weighted by molar-refractivity contribution is -0.366. The lowest BCUT2D eigenvalue weighted by Gasteiger charge is -2.54. The molecule has 0 radical (unpaired) electrons. The number of hydrogen-bond acceptors (Lipinski definition) is 5. The van der Waals surface area contributed by atoms with Crippen molar-refractivity contribution in [3.05, 3.63) is 51.5 Å². The van der Waals surface area contributed by atoms with Gasteiger partial charge in [-0.3, -0.25) is 4.90 Å². The summed E-state index contributed by atoms with van der Waals surface area (Å²) < 4.78 is 86.7. The molecule has 2 aromatic rings. The zero-order chi connectivity index (χ0) is 23.9. The fourth-order valence-electron chi connectivity index (χ4n) is 4.91. The molecule has 1 aromatic heterocycles. The van der Waals surface area contributed by atoms with Crippen LogP contribution in [0.1, 0.15) is 40.3 Å². The number of likely N-dealkylation sites (tertiary alicyclic amines) is 1. The van der Waals surface area contributed by atoms with E-state index in [4.69, 9.17) is 10.00 Å². The summed E-state index contributed by atoms with van der Waals surface area (Å²) in [6.07, 6.45) is -7.62. The molecule has 3 heterocycles. The zero-order valence-electron chi connectivity index (χ0n) is 17.5. The maximum Gasteiger partial charge on any atom is 0.427 e. The summed E-state index contributed by atoms with van der Waals surface area (Å²) in [5.74, 6) is 0. The Kier molecular flexibility index (Phi) is 6.22. The van der Waals surface area contributed by atoms with Gasteiger partial charge in [-0.25, -0.2) is 4.98 Å². The number of benzene rings is 1. The molecule has 1 aromatic carbocycles. The number of thiazole rings is 1. The summed E-state index contributed by atoms with van der Waals surface area (Å²) in [7, 11) is 0. The minimum Gasteiger partial charge on any atom is -0.365 e. The number of rotatable bonds is 6. The van der Waals surface area contributed by atoms with Gasteiger partial charge >= 0.3 is 12.4 Å². The molecular formula is C22H21F6N3OS. The molecule has 4 nitrogen and oxygen atoms in total. The van der Waals surface area contributed by atoms with Crippen LogP contribution in [0.3, 0.4) is 0 Å². The van der Waals surface area contributed by atoms with Gasteiger partial charge in [0.1, 0.15) is 9.88 Å². The molecule has 2 saturated heterocycles. The van der Waals surface area contributed by atoms with Crippen LogP contribution in [-0.4, -0.2) is 41.4 Å². The number of aryl methyl sites for hydroxylation is 1. The van der Waals surface area contributed by atoms with Crippen LogP contribution in [-0.2, 0) is 23.9 Å². The summed E-state index contributed by atoms with van der Waals surface area (Å²) in [6, 6.07) is 8.73. The summed E-state index contributed by atoms with van der Waals surface area (Å²) in [6.45, 7) is 0.464. The fourth-order valence-corrected chi connectivity index (χ4v) is 5.74. The minimum atomic E-state index is -4.56. The van der Waals surface area contributed by atoms with E-state index in [1.54, 1.807) is 29.2 Å². The second-order valence-corrected chi connectivity index (χ2v) is 9.70. The molecule has 2 aliphatic heterocycles. The van der Waals surface area contributed by atoms with Crippen molar-refractivity contribution in [2.45, 2.75) is 50.2 Å². The predicted molar refractivity (Wildman–Crippen MR) is 108 cm³/mol. The smallest absolute Gasteiger partial charge is 0.365 e. The van der Waals surface area contributed by atoms with Gasteiger partial charge in [0.2, 0.25) is 0 Å². The van der Waals surface area contributed by atoms with E-state index in [9.17, 15) is 26.3 Å². The van der Waals surface area contributed by atoms with Crippen molar-refractivity contribution in [2.75, 3.05) is 19.7 Å². The van der Waals surface area contributed by atoms with Gasteiger partial charge in [0.05, 0.1) is 31.0 Å². The quantitative estimate of drug-likeness (QED) is 0.497. The third-order valence-corrected chi connectivity index (χ3v) is 7.74. The Morgan fingerprint density at radius 3 is 2.33 bits per heavy atom. The van der Waals surface area contributed by atoms with Gasteiger partial charge in [0, 0.05) is 18.4 Å². The first-order valence-electron chi connectivity index (χ1n) is 10.4. The van der Waals surface area contributed by atoms with E-state index in [1.165, 1.54) is 0 Å². The average molecular weight is 489 g/mol. The third-order valence-electron chi connectivity index (χ3n) is 6.72. The normalized spacial score (nSPS) is 26.2. The SMILES string of the molecule is N#Cc1ccc(CC[C@@]2(C3(C(F)(F)F)CCO3)CCN(Cc3ncc(C(F)(F)F)s3)C2)cc1. The van der Waals surface area contributed by atoms with E-state index in [2.05, 4.69) is 4.98 Å². The molecule has 178 valence electrons. The highest BCUT2D eigenvalue weighted by Crippen LogP contribution is 2.59. The maximum atomic E-state index is 14.3. The fraction of sp³-hybridized carbons (Fsp3) is 0.545. The van der Waals surface area contributed by atoms with Gasteiger partial charge in [0.25, 0.3) is 0 Å². The van der Waals surface area contributed by atoms with Crippen molar-refractivity contribution in [2.24, 2.45) is 5.41 Å². The van der Waals surface area contributed by atoms with Gasteiger partial charge in [-0.05, 0) is 43.5 Å². The molecule has 4 rings (SSSR count). The minimum absolute atomic E-state index is 0.0273. The molecule has 2 fully saturated rings. The van der Waals surface area contributed by atoms with Gasteiger partial charge in [-0.1, -0.05) is 12.1 Å². The topological polar surface area (TPSA) is 49.1 Å². The van der Waals surface area contributed by atoms with Gasteiger partial charge < -0.3 is 4.74 Å². The number of ether oxygens (including phenoxy) is 1. The highest BCUT2D eigenvalue weighted by molar-refractivity contribution is 7.11. The van der Waals surface area contributed by atoms with Crippen LogP contribution in [0, 0.1) is 16.7 Å². The summed E-state index contributed by atoms with van der Waals surface area (Å²) >= 11 is 0.516. The van der Waals surface area contributed by atoms with E-state index < -0.39 is 28.2 Å². The zero-order valence-corrected chi connectivity index (χ0v) is 18.3. The van der Waals surface area contributed by atoms with E-state index in [0.717, 1.165) is 11.8 Å². The van der Waals surface area contributed by atoms with Gasteiger partial charge in [-0.15, -0.1) is 11.3 Å². The third kappa shape index (κ3) is 4.48. The largest absolute Gasteiger partial charge is 0.427 e. The lowest BCUT2D eigenvalue weighted by atomic mass is 9.63. The van der Waals surface area contributed by atoms with Crippen LogP contribution in [0.4, 0.5) is 26.3 Å². The number of aromatic nitrogens is 1. The molecule has 33 heavy (non-hydrogen) atoms. The summed E-state index contributed by atoms with van der Waals surface area (Å²) in [5.41, 5.74) is -2.20. The molecule has 0 spiro atoms. The van der Waals surface area contributed by atoms with Crippen molar-refractivity contribution in [3.8, 4) is 6.07 Å². The van der Waals surface area contributed by atoms with Crippen molar-refractivity contribution in [3.63, 3.8) is 0 Å². The second-order valence-electron chi connectivity index (χ2n) is 8.59. The molecule has 2 atom stereocenters. The Bertz CT molecular complexity index is 1020. The highest BCUT2D eigenvalue weighted by Gasteiger charge is 2.71. The Morgan fingerprint density at radius 1 is 1.12 bits per heavy atom. The molecule has 0 aliphatic carbocycles. The number of nitrogens with zero attached hydrogens (tertiary/aromatic N) is 3. The van der Waals surface area contributed by atoms with E-state index in [0.29, 0.717) is 29.9 Å². The van der Waals surface area contributed by atoms with Gasteiger partial charge in [0.15, 0.2) is 5.60 Å². The maximum absolute atomic E-state index is 14.3. The number of halogens is 6.